The van der Waals surface area contributed by atoms with E-state index in [4.69, 9.17) is 4.74 Å². The highest BCUT2D eigenvalue weighted by Gasteiger charge is 2.31. The number of ether oxygens (including phenoxy) is 1. The molecular formula is C9H17NO2. The van der Waals surface area contributed by atoms with Gasteiger partial charge in [0.15, 0.2) is 0 Å². The van der Waals surface area contributed by atoms with E-state index in [9.17, 15) is 4.79 Å². The van der Waals surface area contributed by atoms with E-state index in [0.29, 0.717) is 5.92 Å². The van der Waals surface area contributed by atoms with Crippen LogP contribution in [0.3, 0.4) is 0 Å². The summed E-state index contributed by atoms with van der Waals surface area (Å²) in [7, 11) is 0. The van der Waals surface area contributed by atoms with Crippen molar-refractivity contribution in [2.24, 2.45) is 11.8 Å². The van der Waals surface area contributed by atoms with Crippen LogP contribution in [0, 0.1) is 11.8 Å². The minimum Gasteiger partial charge on any atom is -0.463 e. The fourth-order valence-corrected chi connectivity index (χ4v) is 1.45. The van der Waals surface area contributed by atoms with Gasteiger partial charge >= 0.3 is 5.97 Å². The maximum Gasteiger partial charge on any atom is 0.310 e. The third-order valence-electron chi connectivity index (χ3n) is 2.17. The van der Waals surface area contributed by atoms with E-state index in [0.717, 1.165) is 13.1 Å². The topological polar surface area (TPSA) is 38.3 Å². The van der Waals surface area contributed by atoms with Gasteiger partial charge in [0, 0.05) is 6.54 Å². The Morgan fingerprint density at radius 1 is 1.50 bits per heavy atom. The zero-order chi connectivity index (χ0) is 9.14. The highest BCUT2D eigenvalue weighted by molar-refractivity contribution is 5.73. The lowest BCUT2D eigenvalue weighted by atomic mass is 9.98. The summed E-state index contributed by atoms with van der Waals surface area (Å²) in [4.78, 5) is 11.4. The van der Waals surface area contributed by atoms with E-state index in [1.807, 2.05) is 13.8 Å². The van der Waals surface area contributed by atoms with Gasteiger partial charge in [0.1, 0.15) is 0 Å². The number of esters is 1. The highest BCUT2D eigenvalue weighted by atomic mass is 16.5. The summed E-state index contributed by atoms with van der Waals surface area (Å²) < 4.78 is 5.13. The zero-order valence-electron chi connectivity index (χ0n) is 7.96. The van der Waals surface area contributed by atoms with Gasteiger partial charge in [-0.15, -0.1) is 0 Å². The molecule has 2 atom stereocenters. The molecule has 1 N–H and O–H groups in total. The normalized spacial score (nSPS) is 29.3. The zero-order valence-corrected chi connectivity index (χ0v) is 7.96. The van der Waals surface area contributed by atoms with Crippen molar-refractivity contribution in [3.63, 3.8) is 0 Å². The van der Waals surface area contributed by atoms with Gasteiger partial charge in [0.2, 0.25) is 0 Å². The quantitative estimate of drug-likeness (QED) is 0.624. The summed E-state index contributed by atoms with van der Waals surface area (Å²) >= 11 is 0. The molecule has 0 aromatic rings. The predicted molar refractivity (Wildman–Crippen MR) is 46.8 cm³/mol. The first-order valence-corrected chi connectivity index (χ1v) is 4.52. The van der Waals surface area contributed by atoms with Crippen molar-refractivity contribution in [1.29, 1.82) is 0 Å². The Labute approximate surface area is 73.5 Å². The van der Waals surface area contributed by atoms with Crippen molar-refractivity contribution in [2.75, 3.05) is 13.1 Å². The molecule has 0 amide bonds. The fourth-order valence-electron chi connectivity index (χ4n) is 1.45. The van der Waals surface area contributed by atoms with E-state index in [1.165, 1.54) is 0 Å². The highest BCUT2D eigenvalue weighted by Crippen LogP contribution is 2.17. The van der Waals surface area contributed by atoms with E-state index in [2.05, 4.69) is 12.2 Å². The lowest BCUT2D eigenvalue weighted by molar-refractivity contribution is -0.152. The third kappa shape index (κ3) is 2.21. The summed E-state index contributed by atoms with van der Waals surface area (Å²) in [6.07, 6.45) is 0.00491. The molecule has 0 radical (unpaired) electrons. The molecule has 12 heavy (non-hydrogen) atoms. The maximum atomic E-state index is 11.4. The Bertz CT molecular complexity index is 168. The molecule has 1 saturated heterocycles. The number of hydrogen-bond donors (Lipinski definition) is 1. The predicted octanol–water partition coefficient (Wildman–Crippen LogP) is 0.793. The summed E-state index contributed by atoms with van der Waals surface area (Å²) in [5.74, 6) is 0.422. The van der Waals surface area contributed by atoms with Crippen molar-refractivity contribution in [2.45, 2.75) is 26.9 Å². The van der Waals surface area contributed by atoms with Gasteiger partial charge in [0.25, 0.3) is 0 Å². The first kappa shape index (κ1) is 9.52. The summed E-state index contributed by atoms with van der Waals surface area (Å²) in [6, 6.07) is 0. The Balaban J connectivity index is 2.41. The molecule has 0 aromatic heterocycles. The first-order chi connectivity index (χ1) is 5.61. The standard InChI is InChI=1S/C9H17NO2/c1-6(2)12-9(11)8-5-10-4-7(8)3/h6-8,10H,4-5H2,1-3H3/t7-,8-/m1/s1. The molecule has 1 rings (SSSR count). The molecule has 0 bridgehead atoms. The maximum absolute atomic E-state index is 11.4. The van der Waals surface area contributed by atoms with Crippen LogP contribution < -0.4 is 5.32 Å². The average molecular weight is 171 g/mol. The second-order valence-electron chi connectivity index (χ2n) is 3.73. The van der Waals surface area contributed by atoms with Crippen LogP contribution in [0.2, 0.25) is 0 Å². The monoisotopic (exact) mass is 171 g/mol. The van der Waals surface area contributed by atoms with Gasteiger partial charge < -0.3 is 10.1 Å². The second kappa shape index (κ2) is 3.90. The first-order valence-electron chi connectivity index (χ1n) is 4.52. The molecule has 0 unspecified atom stereocenters. The van der Waals surface area contributed by atoms with Crippen molar-refractivity contribution in [3.05, 3.63) is 0 Å². The van der Waals surface area contributed by atoms with Crippen LogP contribution in [0.25, 0.3) is 0 Å². The van der Waals surface area contributed by atoms with Crippen molar-refractivity contribution in [1.82, 2.24) is 5.32 Å². The van der Waals surface area contributed by atoms with Gasteiger partial charge in [-0.1, -0.05) is 6.92 Å². The molecule has 1 fully saturated rings. The molecule has 1 aliphatic heterocycles. The molecule has 70 valence electrons. The second-order valence-corrected chi connectivity index (χ2v) is 3.73. The number of nitrogens with one attached hydrogen (secondary N) is 1. The lowest BCUT2D eigenvalue weighted by Gasteiger charge is -2.15. The summed E-state index contributed by atoms with van der Waals surface area (Å²) in [5.41, 5.74) is 0. The van der Waals surface area contributed by atoms with Crippen LogP contribution in [-0.4, -0.2) is 25.2 Å². The minimum absolute atomic E-state index is 0.00491. The minimum atomic E-state index is -0.0532. The van der Waals surface area contributed by atoms with Gasteiger partial charge in [-0.05, 0) is 26.3 Å². The fraction of sp³-hybridized carbons (Fsp3) is 0.889. The summed E-state index contributed by atoms with van der Waals surface area (Å²) in [6.45, 7) is 7.53. The number of carbonyl (C=O) groups is 1. The molecule has 0 aromatic carbocycles. The smallest absolute Gasteiger partial charge is 0.310 e. The Morgan fingerprint density at radius 2 is 2.17 bits per heavy atom. The molecule has 3 heteroatoms. The molecule has 3 nitrogen and oxygen atoms in total. The Morgan fingerprint density at radius 3 is 2.58 bits per heavy atom. The number of carbonyl (C=O) groups excluding carboxylic acids is 1. The van der Waals surface area contributed by atoms with E-state index < -0.39 is 0 Å². The molecule has 1 aliphatic rings. The van der Waals surface area contributed by atoms with Crippen molar-refractivity contribution < 1.29 is 9.53 Å². The van der Waals surface area contributed by atoms with Gasteiger partial charge in [-0.3, -0.25) is 4.79 Å². The average Bonchev–Trinajstić information content (AvgIpc) is 2.33. The van der Waals surface area contributed by atoms with Crippen LogP contribution in [0.1, 0.15) is 20.8 Å². The molecule has 1 heterocycles. The third-order valence-corrected chi connectivity index (χ3v) is 2.17. The molecule has 0 aliphatic carbocycles. The lowest BCUT2D eigenvalue weighted by Crippen LogP contribution is -2.26. The molecule has 0 saturated carbocycles. The van der Waals surface area contributed by atoms with Crippen LogP contribution in [0.5, 0.6) is 0 Å². The summed E-state index contributed by atoms with van der Waals surface area (Å²) in [5, 5.41) is 3.18. The van der Waals surface area contributed by atoms with Gasteiger partial charge in [-0.2, -0.15) is 0 Å². The number of rotatable bonds is 2. The van der Waals surface area contributed by atoms with Crippen LogP contribution in [0.4, 0.5) is 0 Å². The Hall–Kier alpha value is -0.570. The van der Waals surface area contributed by atoms with Crippen LogP contribution in [-0.2, 0) is 9.53 Å². The van der Waals surface area contributed by atoms with E-state index >= 15 is 0 Å². The number of hydrogen-bond acceptors (Lipinski definition) is 3. The van der Waals surface area contributed by atoms with Gasteiger partial charge in [0.05, 0.1) is 12.0 Å². The SMILES string of the molecule is CC(C)OC(=O)[C@@H]1CNC[C@H]1C. The largest absolute Gasteiger partial charge is 0.463 e. The van der Waals surface area contributed by atoms with Crippen molar-refractivity contribution in [3.8, 4) is 0 Å². The van der Waals surface area contributed by atoms with Crippen molar-refractivity contribution >= 4 is 5.97 Å². The van der Waals surface area contributed by atoms with Gasteiger partial charge in [-0.25, -0.2) is 0 Å². The van der Waals surface area contributed by atoms with E-state index in [-0.39, 0.29) is 18.0 Å². The molecular weight excluding hydrogens is 154 g/mol. The van der Waals surface area contributed by atoms with E-state index in [1.54, 1.807) is 0 Å². The molecule has 0 spiro atoms. The Kier molecular flexibility index (Phi) is 3.09. The van der Waals surface area contributed by atoms with Crippen LogP contribution >= 0.6 is 0 Å². The van der Waals surface area contributed by atoms with Crippen LogP contribution in [0.15, 0.2) is 0 Å².